The van der Waals surface area contributed by atoms with Crippen LogP contribution < -0.4 is 10.2 Å². The van der Waals surface area contributed by atoms with Gasteiger partial charge in [0.2, 0.25) is 0 Å². The smallest absolute Gasteiger partial charge is 0.322 e. The first-order valence-electron chi connectivity index (χ1n) is 8.89. The van der Waals surface area contributed by atoms with Gasteiger partial charge in [-0.1, -0.05) is 30.3 Å². The van der Waals surface area contributed by atoms with Gasteiger partial charge >= 0.3 is 6.03 Å². The molecule has 2 aromatic heterocycles. The molecule has 1 fully saturated rings. The topological polar surface area (TPSA) is 74.2 Å². The van der Waals surface area contributed by atoms with Crippen LogP contribution in [0.1, 0.15) is 0 Å². The second kappa shape index (κ2) is 7.82. The molecule has 1 aliphatic heterocycles. The van der Waals surface area contributed by atoms with Crippen LogP contribution in [0.3, 0.4) is 0 Å². The fourth-order valence-electron chi connectivity index (χ4n) is 3.03. The normalized spacial score (nSPS) is 14.1. The van der Waals surface area contributed by atoms with Crippen molar-refractivity contribution >= 4 is 17.5 Å². The fraction of sp³-hybridized carbons (Fsp3) is 0.200. The van der Waals surface area contributed by atoms with Crippen LogP contribution in [0.15, 0.2) is 67.1 Å². The van der Waals surface area contributed by atoms with Crippen LogP contribution in [0.5, 0.6) is 0 Å². The van der Waals surface area contributed by atoms with Gasteiger partial charge in [0, 0.05) is 44.1 Å². The van der Waals surface area contributed by atoms with Gasteiger partial charge in [-0.3, -0.25) is 4.98 Å². The van der Waals surface area contributed by atoms with Gasteiger partial charge in [-0.15, -0.1) is 0 Å². The second-order valence-corrected chi connectivity index (χ2v) is 6.25. The molecule has 0 radical (unpaired) electrons. The van der Waals surface area contributed by atoms with E-state index in [4.69, 9.17) is 4.98 Å². The summed E-state index contributed by atoms with van der Waals surface area (Å²) in [5.41, 5.74) is 1.70. The summed E-state index contributed by atoms with van der Waals surface area (Å²) in [6.07, 6.45) is 5.10. The molecule has 1 saturated heterocycles. The summed E-state index contributed by atoms with van der Waals surface area (Å²) in [6, 6.07) is 15.4. The number of benzene rings is 1. The summed E-state index contributed by atoms with van der Waals surface area (Å²) in [4.78, 5) is 29.5. The van der Waals surface area contributed by atoms with Gasteiger partial charge in [0.15, 0.2) is 5.82 Å². The van der Waals surface area contributed by atoms with Crippen molar-refractivity contribution < 1.29 is 4.79 Å². The van der Waals surface area contributed by atoms with Crippen LogP contribution >= 0.6 is 0 Å². The zero-order valence-corrected chi connectivity index (χ0v) is 14.8. The Morgan fingerprint density at radius 1 is 0.926 bits per heavy atom. The molecular formula is C20H20N6O. The number of nitrogens with one attached hydrogen (secondary N) is 1. The number of carbonyl (C=O) groups excluding carboxylic acids is 1. The average molecular weight is 360 g/mol. The van der Waals surface area contributed by atoms with E-state index in [1.54, 1.807) is 24.7 Å². The number of rotatable bonds is 3. The highest BCUT2D eigenvalue weighted by Gasteiger charge is 2.22. The number of aromatic nitrogens is 3. The molecular weight excluding hydrogens is 340 g/mol. The molecule has 0 unspecified atom stereocenters. The van der Waals surface area contributed by atoms with Crippen molar-refractivity contribution in [2.24, 2.45) is 0 Å². The maximum absolute atomic E-state index is 12.4. The molecule has 0 saturated carbocycles. The van der Waals surface area contributed by atoms with Gasteiger partial charge in [-0.2, -0.15) is 0 Å². The number of piperazine rings is 1. The van der Waals surface area contributed by atoms with E-state index in [-0.39, 0.29) is 6.03 Å². The molecule has 1 aromatic carbocycles. The molecule has 4 rings (SSSR count). The number of hydrogen-bond donors (Lipinski definition) is 1. The first-order valence-corrected chi connectivity index (χ1v) is 8.89. The Hall–Kier alpha value is -3.48. The van der Waals surface area contributed by atoms with Crippen LogP contribution in [0.4, 0.5) is 16.3 Å². The number of hydrogen-bond acceptors (Lipinski definition) is 5. The number of anilines is 2. The van der Waals surface area contributed by atoms with Gasteiger partial charge in [-0.25, -0.2) is 14.8 Å². The van der Waals surface area contributed by atoms with Crippen LogP contribution in [0.2, 0.25) is 0 Å². The van der Waals surface area contributed by atoms with E-state index in [0.717, 1.165) is 24.5 Å². The molecule has 27 heavy (non-hydrogen) atoms. The number of urea groups is 1. The van der Waals surface area contributed by atoms with E-state index in [1.165, 1.54) is 0 Å². The van der Waals surface area contributed by atoms with Gasteiger partial charge < -0.3 is 15.1 Å². The number of carbonyl (C=O) groups is 1. The first-order chi connectivity index (χ1) is 13.3. The number of pyridine rings is 1. The lowest BCUT2D eigenvalue weighted by atomic mass is 10.2. The third kappa shape index (κ3) is 4.03. The zero-order chi connectivity index (χ0) is 18.5. The Labute approximate surface area is 157 Å². The van der Waals surface area contributed by atoms with Crippen LogP contribution in [0, 0.1) is 0 Å². The Morgan fingerprint density at radius 3 is 2.48 bits per heavy atom. The predicted molar refractivity (Wildman–Crippen MR) is 105 cm³/mol. The van der Waals surface area contributed by atoms with E-state index in [0.29, 0.717) is 24.6 Å². The molecule has 0 spiro atoms. The standard InChI is InChI=1S/C20H20N6O/c27-20(23-17-7-4-9-21-15-17)26-13-11-25(12-14-26)18-8-10-22-19(24-18)16-5-2-1-3-6-16/h1-10,15H,11-14H2,(H,23,27). The minimum Gasteiger partial charge on any atom is -0.353 e. The van der Waals surface area contributed by atoms with Gasteiger partial charge in [0.1, 0.15) is 5.82 Å². The van der Waals surface area contributed by atoms with E-state index >= 15 is 0 Å². The van der Waals surface area contributed by atoms with Crippen molar-refractivity contribution in [3.8, 4) is 11.4 Å². The van der Waals surface area contributed by atoms with Crippen LogP contribution in [-0.4, -0.2) is 52.1 Å². The number of amides is 2. The maximum atomic E-state index is 12.4. The van der Waals surface area contributed by atoms with E-state index in [2.05, 4.69) is 20.2 Å². The summed E-state index contributed by atoms with van der Waals surface area (Å²) in [5.74, 6) is 1.60. The highest BCUT2D eigenvalue weighted by atomic mass is 16.2. The highest BCUT2D eigenvalue weighted by molar-refractivity contribution is 5.89. The van der Waals surface area contributed by atoms with Crippen molar-refractivity contribution in [1.29, 1.82) is 0 Å². The molecule has 3 aromatic rings. The average Bonchev–Trinajstić information content (AvgIpc) is 2.75. The maximum Gasteiger partial charge on any atom is 0.322 e. The summed E-state index contributed by atoms with van der Waals surface area (Å²) in [5, 5.41) is 2.88. The monoisotopic (exact) mass is 360 g/mol. The second-order valence-electron chi connectivity index (χ2n) is 6.25. The van der Waals surface area contributed by atoms with Gasteiger partial charge in [0.25, 0.3) is 0 Å². The van der Waals surface area contributed by atoms with Crippen LogP contribution in [0.25, 0.3) is 11.4 Å². The highest BCUT2D eigenvalue weighted by Crippen LogP contribution is 2.19. The largest absolute Gasteiger partial charge is 0.353 e. The molecule has 0 aliphatic carbocycles. The predicted octanol–water partition coefficient (Wildman–Crippen LogP) is 2.89. The summed E-state index contributed by atoms with van der Waals surface area (Å²) in [7, 11) is 0. The SMILES string of the molecule is O=C(Nc1cccnc1)N1CCN(c2ccnc(-c3ccccc3)n2)CC1. The zero-order valence-electron chi connectivity index (χ0n) is 14.8. The molecule has 136 valence electrons. The first kappa shape index (κ1) is 17.0. The minimum atomic E-state index is -0.102. The summed E-state index contributed by atoms with van der Waals surface area (Å²) in [6.45, 7) is 2.73. The van der Waals surface area contributed by atoms with Crippen molar-refractivity contribution in [1.82, 2.24) is 19.9 Å². The molecule has 7 heteroatoms. The van der Waals surface area contributed by atoms with Crippen molar-refractivity contribution in [2.45, 2.75) is 0 Å². The molecule has 3 heterocycles. The lowest BCUT2D eigenvalue weighted by Gasteiger charge is -2.35. The van der Waals surface area contributed by atoms with E-state index in [9.17, 15) is 4.79 Å². The van der Waals surface area contributed by atoms with E-state index < -0.39 is 0 Å². The number of nitrogens with zero attached hydrogens (tertiary/aromatic N) is 5. The summed E-state index contributed by atoms with van der Waals surface area (Å²) >= 11 is 0. The lowest BCUT2D eigenvalue weighted by molar-refractivity contribution is 0.208. The Balaban J connectivity index is 1.39. The summed E-state index contributed by atoms with van der Waals surface area (Å²) < 4.78 is 0. The minimum absolute atomic E-state index is 0.102. The molecule has 1 aliphatic rings. The Kier molecular flexibility index (Phi) is 4.91. The van der Waals surface area contributed by atoms with Crippen molar-refractivity contribution in [2.75, 3.05) is 36.4 Å². The van der Waals surface area contributed by atoms with Crippen molar-refractivity contribution in [3.05, 3.63) is 67.1 Å². The van der Waals surface area contributed by atoms with Gasteiger partial charge in [0.05, 0.1) is 11.9 Å². The Bertz CT molecular complexity index is 895. The van der Waals surface area contributed by atoms with E-state index in [1.807, 2.05) is 47.4 Å². The Morgan fingerprint density at radius 2 is 1.74 bits per heavy atom. The van der Waals surface area contributed by atoms with Crippen molar-refractivity contribution in [3.63, 3.8) is 0 Å². The fourth-order valence-corrected chi connectivity index (χ4v) is 3.03. The lowest BCUT2D eigenvalue weighted by Crippen LogP contribution is -2.50. The molecule has 1 N–H and O–H groups in total. The molecule has 0 bridgehead atoms. The molecule has 7 nitrogen and oxygen atoms in total. The van der Waals surface area contributed by atoms with Crippen LogP contribution in [-0.2, 0) is 0 Å². The third-order valence-corrected chi connectivity index (χ3v) is 4.48. The van der Waals surface area contributed by atoms with Gasteiger partial charge in [-0.05, 0) is 18.2 Å². The quantitative estimate of drug-likeness (QED) is 0.777. The third-order valence-electron chi connectivity index (χ3n) is 4.48. The molecule has 0 atom stereocenters. The molecule has 2 amide bonds.